The molecule has 2 atom stereocenters. The van der Waals surface area contributed by atoms with Gasteiger partial charge in [-0.2, -0.15) is 0 Å². The molecule has 280 valence electrons. The van der Waals surface area contributed by atoms with Crippen molar-refractivity contribution in [1.29, 1.82) is 0 Å². The number of hydrogen-bond acceptors (Lipinski definition) is 11. The third kappa shape index (κ3) is 21.9. The van der Waals surface area contributed by atoms with Gasteiger partial charge in [-0.05, 0) is 124 Å². The lowest BCUT2D eigenvalue weighted by Crippen LogP contribution is -2.21. The molecule has 0 aliphatic carbocycles. The number of nitrogens with zero attached hydrogens (tertiary/aromatic N) is 2. The first kappa shape index (κ1) is 47.8. The Morgan fingerprint density at radius 2 is 0.617 bits per heavy atom. The molecule has 11 heteroatoms. The first-order valence-electron chi connectivity index (χ1n) is 18.6. The van der Waals surface area contributed by atoms with Crippen LogP contribution in [0.4, 0.5) is 0 Å². The number of rotatable bonds is 30. The summed E-state index contributed by atoms with van der Waals surface area (Å²) in [6.07, 6.45) is 23.4. The maximum atomic E-state index is 5.30. The Hall–Kier alpha value is 2.75. The fourth-order valence-corrected chi connectivity index (χ4v) is 21.8. The van der Waals surface area contributed by atoms with E-state index in [-0.39, 0.29) is 26.1 Å². The average Bonchev–Trinajstić information content (AvgIpc) is 3.38. The van der Waals surface area contributed by atoms with Crippen LogP contribution in [0.25, 0.3) is 0 Å². The summed E-state index contributed by atoms with van der Waals surface area (Å²) in [5.41, 5.74) is 0. The van der Waals surface area contributed by atoms with Gasteiger partial charge in [-0.15, -0.1) is 10.2 Å². The molecule has 0 amide bonds. The second kappa shape index (κ2) is 24.2. The van der Waals surface area contributed by atoms with Crippen molar-refractivity contribution in [3.05, 3.63) is 0 Å². The zero-order valence-corrected chi connectivity index (χ0v) is 39.6. The highest BCUT2D eigenvalue weighted by molar-refractivity contribution is 8.92. The van der Waals surface area contributed by atoms with Crippen molar-refractivity contribution in [2.24, 2.45) is 10.2 Å². The Morgan fingerprint density at radius 3 is 0.872 bits per heavy atom. The van der Waals surface area contributed by atoms with Crippen LogP contribution in [-0.2, 0) is 0 Å². The van der Waals surface area contributed by atoms with Gasteiger partial charge >= 0.3 is 0 Å². The number of thioether (sulfide) groups is 1. The smallest absolute Gasteiger partial charge is 0.148 e. The molecule has 2 unspecified atom stereocenters. The zero-order valence-electron chi connectivity index (χ0n) is 32.3. The molecule has 0 radical (unpaired) electrons. The molecular formula is C36H72N2S9. The molecule has 1 aliphatic rings. The summed E-state index contributed by atoms with van der Waals surface area (Å²) in [5.74, 6) is 0. The van der Waals surface area contributed by atoms with Crippen LogP contribution in [0.1, 0.15) is 199 Å². The van der Waals surface area contributed by atoms with Gasteiger partial charge in [0.05, 0.1) is 0 Å². The van der Waals surface area contributed by atoms with Gasteiger partial charge in [0.2, 0.25) is 7.07 Å². The van der Waals surface area contributed by atoms with Crippen molar-refractivity contribution < 1.29 is 0 Å². The van der Waals surface area contributed by atoms with E-state index in [1.807, 2.05) is 54.9 Å². The van der Waals surface area contributed by atoms with Gasteiger partial charge in [-0.25, -0.2) is 0 Å². The zero-order chi connectivity index (χ0) is 35.5. The monoisotopic (exact) mass is 820 g/mol. The van der Waals surface area contributed by atoms with E-state index in [0.29, 0.717) is 0 Å². The van der Waals surface area contributed by atoms with Gasteiger partial charge in [0, 0.05) is 19.0 Å². The van der Waals surface area contributed by atoms with E-state index in [2.05, 4.69) is 126 Å². The highest BCUT2D eigenvalue weighted by atomic mass is 33.2. The minimum absolute atomic E-state index is 0.208. The molecule has 0 spiro atoms. The van der Waals surface area contributed by atoms with Gasteiger partial charge in [0.25, 0.3) is 0 Å². The predicted octanol–water partition coefficient (Wildman–Crippen LogP) is 18.1. The Labute approximate surface area is 330 Å². The molecule has 47 heavy (non-hydrogen) atoms. The molecule has 0 N–H and O–H groups in total. The average molecular weight is 822 g/mol. The molecule has 0 saturated carbocycles. The van der Waals surface area contributed by atoms with Crippen molar-refractivity contribution in [3.63, 3.8) is 0 Å². The van der Waals surface area contributed by atoms with E-state index in [1.54, 1.807) is 0 Å². The lowest BCUT2D eigenvalue weighted by molar-refractivity contribution is 0.561. The molecule has 0 aromatic heterocycles. The first-order valence-corrected chi connectivity index (χ1v) is 28.0. The van der Waals surface area contributed by atoms with Crippen molar-refractivity contribution in [1.82, 2.24) is 0 Å². The van der Waals surface area contributed by atoms with Crippen LogP contribution in [0.3, 0.4) is 0 Å². The van der Waals surface area contributed by atoms with Crippen LogP contribution in [0.15, 0.2) is 10.2 Å². The standard InChI is InChI=1S/C36H72N2S9/c1-13-17-21-25-29-33(9,10)42-46-35(44-40-31(5,6)27-23-19-15-3)37-38-36(39-35,45-41-32(7,8)28-24-20-16-4)47-43-34(11,12)30-26-22-18-14-2/h13-30H2,1-12H3. The second-order valence-electron chi connectivity index (χ2n) is 15.6. The molecule has 0 saturated heterocycles. The molecule has 1 aliphatic heterocycles. The molecule has 2 nitrogen and oxygen atoms in total. The van der Waals surface area contributed by atoms with Crippen LogP contribution >= 0.6 is 98.1 Å². The lowest BCUT2D eigenvalue weighted by atomic mass is 10.0. The number of azo groups is 1. The molecule has 1 rings (SSSR count). The van der Waals surface area contributed by atoms with E-state index in [4.69, 9.17) is 10.2 Å². The van der Waals surface area contributed by atoms with E-state index >= 15 is 0 Å². The Kier molecular flexibility index (Phi) is 24.6. The Balaban J connectivity index is 3.25. The maximum absolute atomic E-state index is 5.30. The van der Waals surface area contributed by atoms with Crippen LogP contribution in [0, 0.1) is 0 Å². The molecule has 1 heterocycles. The fourth-order valence-electron chi connectivity index (χ4n) is 4.87. The summed E-state index contributed by atoms with van der Waals surface area (Å²) in [4.78, 5) is 0. The SMILES string of the molecule is CCCCCCC(C)(C)SSC1(SSC(C)(C)CCCCC)N=NC(SSC(C)(C)CCCCC)(SSC(C)(C)CCCCCC)S1. The van der Waals surface area contributed by atoms with Gasteiger partial charge < -0.3 is 0 Å². The molecule has 0 fully saturated rings. The van der Waals surface area contributed by atoms with Gasteiger partial charge in [0.1, 0.15) is 0 Å². The summed E-state index contributed by atoms with van der Waals surface area (Å²) in [7, 11) is 16.2. The van der Waals surface area contributed by atoms with Crippen molar-refractivity contribution in [2.75, 3.05) is 0 Å². The van der Waals surface area contributed by atoms with Gasteiger partial charge in [0.15, 0.2) is 0 Å². The Morgan fingerprint density at radius 1 is 0.383 bits per heavy atom. The number of unbranched alkanes of at least 4 members (excludes halogenated alkanes) is 10. The number of hydrogen-bond donors (Lipinski definition) is 0. The predicted molar refractivity (Wildman–Crippen MR) is 241 cm³/mol. The van der Waals surface area contributed by atoms with Crippen molar-refractivity contribution >= 4 is 98.1 Å². The van der Waals surface area contributed by atoms with Crippen LogP contribution in [0.5, 0.6) is 0 Å². The van der Waals surface area contributed by atoms with Crippen molar-refractivity contribution in [3.8, 4) is 0 Å². The topological polar surface area (TPSA) is 24.7 Å². The van der Waals surface area contributed by atoms with Crippen LogP contribution in [0.2, 0.25) is 0 Å². The third-order valence-corrected chi connectivity index (χ3v) is 27.7. The normalized spacial score (nSPS) is 20.9. The van der Waals surface area contributed by atoms with Crippen LogP contribution < -0.4 is 0 Å². The first-order chi connectivity index (χ1) is 22.0. The molecule has 0 aromatic rings. The molecule has 0 bridgehead atoms. The maximum Gasteiger partial charge on any atom is 0.242 e. The van der Waals surface area contributed by atoms with Crippen molar-refractivity contribution in [2.45, 2.75) is 225 Å². The largest absolute Gasteiger partial charge is 0.242 e. The van der Waals surface area contributed by atoms with Crippen LogP contribution in [-0.4, -0.2) is 26.1 Å². The minimum atomic E-state index is -0.364. The minimum Gasteiger partial charge on any atom is -0.148 e. The van der Waals surface area contributed by atoms with E-state index in [0.717, 1.165) is 0 Å². The van der Waals surface area contributed by atoms with Gasteiger partial charge in [-0.3, -0.25) is 0 Å². The summed E-state index contributed by atoms with van der Waals surface area (Å²) in [6.45, 7) is 28.7. The van der Waals surface area contributed by atoms with E-state index in [1.165, 1.54) is 116 Å². The summed E-state index contributed by atoms with van der Waals surface area (Å²) >= 11 is 2.02. The lowest BCUT2D eigenvalue weighted by Gasteiger charge is -2.35. The third-order valence-electron chi connectivity index (χ3n) is 8.07. The summed E-state index contributed by atoms with van der Waals surface area (Å²) in [5, 5.41) is 10.6. The second-order valence-corrected chi connectivity index (χ2v) is 30.6. The molecular weight excluding hydrogens is 749 g/mol. The van der Waals surface area contributed by atoms with E-state index < -0.39 is 0 Å². The highest BCUT2D eigenvalue weighted by Crippen LogP contribution is 2.74. The highest BCUT2D eigenvalue weighted by Gasteiger charge is 2.54. The van der Waals surface area contributed by atoms with Gasteiger partial charge in [-0.1, -0.05) is 173 Å². The molecule has 0 aromatic carbocycles. The van der Waals surface area contributed by atoms with E-state index in [9.17, 15) is 0 Å². The quantitative estimate of drug-likeness (QED) is 0.0398. The fraction of sp³-hybridized carbons (Fsp3) is 1.00. The summed E-state index contributed by atoms with van der Waals surface area (Å²) < 4.78 is 0.106. The summed E-state index contributed by atoms with van der Waals surface area (Å²) in [6, 6.07) is 0. The Bertz CT molecular complexity index is 786.